The van der Waals surface area contributed by atoms with E-state index in [1.807, 2.05) is 72.8 Å². The molecule has 0 radical (unpaired) electrons. The van der Waals surface area contributed by atoms with Gasteiger partial charge in [0.25, 0.3) is 0 Å². The van der Waals surface area contributed by atoms with E-state index in [9.17, 15) is 19.2 Å². The lowest BCUT2D eigenvalue weighted by atomic mass is 10.1. The van der Waals surface area contributed by atoms with Gasteiger partial charge in [0.05, 0.1) is 32.9 Å². The number of amides is 2. The van der Waals surface area contributed by atoms with Crippen LogP contribution in [0.2, 0.25) is 10.0 Å². The van der Waals surface area contributed by atoms with E-state index in [0.717, 1.165) is 52.9 Å². The number of benzene rings is 2. The Kier molecular flexibility index (Phi) is 13.7. The van der Waals surface area contributed by atoms with Crippen molar-refractivity contribution in [3.63, 3.8) is 0 Å². The van der Waals surface area contributed by atoms with Crippen molar-refractivity contribution < 1.29 is 28.7 Å². The molecule has 2 N–H and O–H groups in total. The number of rotatable bonds is 12. The second kappa shape index (κ2) is 19.4. The van der Waals surface area contributed by atoms with Crippen LogP contribution in [-0.2, 0) is 22.4 Å². The first-order valence-electron chi connectivity index (χ1n) is 18.9. The standard InChI is InChI=1S/2C23H19ClN2O3S/c2*1-14(27)20-5-6-21(30-20)16-9-17-10-18(29-23(17)19(24)11-16)13-26-22(28)7-4-15-3-2-8-25-12-15/h2*2-9,11-12,18H,10,13H2,1H3,(H,26,28)/b2*7-4+/t2*18-/m10/s1. The minimum atomic E-state index is -0.194. The van der Waals surface area contributed by atoms with Gasteiger partial charge in [-0.3, -0.25) is 29.1 Å². The van der Waals surface area contributed by atoms with Gasteiger partial charge in [0, 0.05) is 70.7 Å². The topological polar surface area (TPSA) is 137 Å². The van der Waals surface area contributed by atoms with Crippen LogP contribution in [0.5, 0.6) is 11.5 Å². The maximum Gasteiger partial charge on any atom is 0.244 e. The average molecular weight is 878 g/mol. The SMILES string of the molecule is CC(=O)c1ccc(-c2cc(Cl)c3c(c2)C[C@@H](CNC(=O)/C=C/c2cccnc2)O3)s1.CC(=O)c1ccc(-c2cc(Cl)c3c(c2)C[C@H](CNC(=O)/C=C/c2cccnc2)O3)s1. The number of hydrogen-bond donors (Lipinski definition) is 2. The molecule has 0 fully saturated rings. The van der Waals surface area contributed by atoms with Gasteiger partial charge in [-0.25, -0.2) is 0 Å². The maximum absolute atomic E-state index is 12.1. The molecule has 2 aliphatic rings. The number of nitrogens with one attached hydrogen (secondary N) is 2. The molecule has 0 bridgehead atoms. The van der Waals surface area contributed by atoms with Gasteiger partial charge < -0.3 is 20.1 Å². The Labute approximate surface area is 364 Å². The van der Waals surface area contributed by atoms with Crippen molar-refractivity contribution in [1.82, 2.24) is 20.6 Å². The minimum absolute atomic E-state index is 0.0511. The molecular weight excluding hydrogens is 840 g/mol. The van der Waals surface area contributed by atoms with Crippen molar-refractivity contribution >= 4 is 81.4 Å². The zero-order chi connectivity index (χ0) is 42.2. The van der Waals surface area contributed by atoms with Gasteiger partial charge in [0.15, 0.2) is 11.6 Å². The van der Waals surface area contributed by atoms with Crippen molar-refractivity contribution in [2.45, 2.75) is 38.9 Å². The fourth-order valence-corrected chi connectivity index (χ4v) is 8.84. The second-order valence-electron chi connectivity index (χ2n) is 14.0. The van der Waals surface area contributed by atoms with E-state index < -0.39 is 0 Å². The molecule has 2 amide bonds. The molecule has 8 rings (SSSR count). The van der Waals surface area contributed by atoms with Crippen LogP contribution in [0.4, 0.5) is 0 Å². The minimum Gasteiger partial charge on any atom is -0.486 e. The fourth-order valence-electron chi connectivity index (χ4n) is 6.49. The number of thiophene rings is 2. The van der Waals surface area contributed by atoms with Crippen LogP contribution in [0.25, 0.3) is 33.0 Å². The molecule has 0 saturated carbocycles. The number of pyridine rings is 2. The summed E-state index contributed by atoms with van der Waals surface area (Å²) in [5, 5.41) is 6.79. The number of carbonyl (C=O) groups excluding carboxylic acids is 4. The summed E-state index contributed by atoms with van der Waals surface area (Å²) in [6, 6.07) is 22.7. The quantitative estimate of drug-likeness (QED) is 0.0917. The Morgan fingerprint density at radius 3 is 1.47 bits per heavy atom. The highest BCUT2D eigenvalue weighted by molar-refractivity contribution is 7.17. The summed E-state index contributed by atoms with van der Waals surface area (Å²) in [4.78, 5) is 58.7. The molecule has 0 aliphatic carbocycles. The van der Waals surface area contributed by atoms with Crippen LogP contribution in [-0.4, -0.2) is 58.6 Å². The van der Waals surface area contributed by atoms with Crippen LogP contribution < -0.4 is 20.1 Å². The average Bonchev–Trinajstić information content (AvgIpc) is 4.08. The number of Topliss-reactive ketones (excluding diaryl/α,β-unsaturated/α-hetero) is 2. The first kappa shape index (κ1) is 42.2. The highest BCUT2D eigenvalue weighted by Gasteiger charge is 2.28. The predicted molar refractivity (Wildman–Crippen MR) is 238 cm³/mol. The lowest BCUT2D eigenvalue weighted by Gasteiger charge is -2.11. The van der Waals surface area contributed by atoms with E-state index >= 15 is 0 Å². The third kappa shape index (κ3) is 10.8. The predicted octanol–water partition coefficient (Wildman–Crippen LogP) is 9.60. The third-order valence-electron chi connectivity index (χ3n) is 9.41. The van der Waals surface area contributed by atoms with Crippen molar-refractivity contribution in [3.8, 4) is 32.4 Å². The molecule has 10 nitrogen and oxygen atoms in total. The highest BCUT2D eigenvalue weighted by atomic mass is 35.5. The van der Waals surface area contributed by atoms with Crippen LogP contribution in [0.15, 0.2) is 110 Å². The Bertz CT molecular complexity index is 2430. The largest absolute Gasteiger partial charge is 0.486 e. The van der Waals surface area contributed by atoms with Crippen molar-refractivity contribution in [2.75, 3.05) is 13.1 Å². The molecule has 6 aromatic rings. The van der Waals surface area contributed by atoms with Crippen LogP contribution in [0.3, 0.4) is 0 Å². The molecule has 4 aromatic heterocycles. The van der Waals surface area contributed by atoms with Gasteiger partial charge in [-0.15, -0.1) is 22.7 Å². The number of hydrogen-bond acceptors (Lipinski definition) is 10. The molecule has 0 unspecified atom stereocenters. The zero-order valence-electron chi connectivity index (χ0n) is 32.4. The van der Waals surface area contributed by atoms with Gasteiger partial charge in [0.1, 0.15) is 23.7 Å². The monoisotopic (exact) mass is 876 g/mol. The summed E-state index contributed by atoms with van der Waals surface area (Å²) in [6.45, 7) is 3.88. The molecule has 2 aliphatic heterocycles. The summed E-state index contributed by atoms with van der Waals surface area (Å²) in [7, 11) is 0. The molecule has 6 heterocycles. The first-order valence-corrected chi connectivity index (χ1v) is 21.3. The normalized spacial score (nSPS) is 15.1. The summed E-state index contributed by atoms with van der Waals surface area (Å²) in [5.41, 5.74) is 5.64. The van der Waals surface area contributed by atoms with E-state index in [4.69, 9.17) is 32.7 Å². The number of nitrogens with zero attached hydrogens (tertiary/aromatic N) is 2. The van der Waals surface area contributed by atoms with Gasteiger partial charge in [-0.1, -0.05) is 35.3 Å². The van der Waals surface area contributed by atoms with Crippen LogP contribution in [0, 0.1) is 0 Å². The Hall–Kier alpha value is -5.92. The fraction of sp³-hybridized carbons (Fsp3) is 0.174. The summed E-state index contributed by atoms with van der Waals surface area (Å²) in [5.74, 6) is 1.04. The van der Waals surface area contributed by atoms with E-state index in [-0.39, 0.29) is 35.6 Å². The smallest absolute Gasteiger partial charge is 0.244 e. The van der Waals surface area contributed by atoms with Gasteiger partial charge in [0.2, 0.25) is 11.8 Å². The van der Waals surface area contributed by atoms with E-state index in [1.54, 1.807) is 50.8 Å². The third-order valence-corrected chi connectivity index (χ3v) is 12.4. The van der Waals surface area contributed by atoms with E-state index in [2.05, 4.69) is 20.6 Å². The van der Waals surface area contributed by atoms with E-state index in [0.29, 0.717) is 47.5 Å². The summed E-state index contributed by atoms with van der Waals surface area (Å²) < 4.78 is 11.9. The van der Waals surface area contributed by atoms with Crippen LogP contribution >= 0.6 is 45.9 Å². The molecule has 0 spiro atoms. The number of aromatic nitrogens is 2. The number of carbonyl (C=O) groups is 4. The lowest BCUT2D eigenvalue weighted by molar-refractivity contribution is -0.117. The molecule has 2 aromatic carbocycles. The molecule has 0 saturated heterocycles. The Morgan fingerprint density at radius 2 is 1.10 bits per heavy atom. The van der Waals surface area contributed by atoms with Crippen molar-refractivity contribution in [3.05, 3.63) is 152 Å². The van der Waals surface area contributed by atoms with Gasteiger partial charge >= 0.3 is 0 Å². The molecule has 14 heteroatoms. The second-order valence-corrected chi connectivity index (χ2v) is 16.9. The molecule has 304 valence electrons. The zero-order valence-corrected chi connectivity index (χ0v) is 35.6. The number of ether oxygens (including phenoxy) is 2. The number of fused-ring (bicyclic) bond motifs is 2. The van der Waals surface area contributed by atoms with E-state index in [1.165, 1.54) is 34.8 Å². The first-order chi connectivity index (χ1) is 29.0. The van der Waals surface area contributed by atoms with Crippen molar-refractivity contribution in [2.24, 2.45) is 0 Å². The number of ketones is 2. The summed E-state index contributed by atoms with van der Waals surface area (Å²) >= 11 is 15.8. The highest BCUT2D eigenvalue weighted by Crippen LogP contribution is 2.42. The molecular formula is C46H38Cl2N4O6S2. The summed E-state index contributed by atoms with van der Waals surface area (Å²) in [6.07, 6.45) is 14.1. The Morgan fingerprint density at radius 1 is 0.667 bits per heavy atom. The van der Waals surface area contributed by atoms with Gasteiger partial charge in [-0.05, 0) is 109 Å². The maximum atomic E-state index is 12.1. The van der Waals surface area contributed by atoms with Crippen LogP contribution in [0.1, 0.15) is 55.4 Å². The van der Waals surface area contributed by atoms with Crippen molar-refractivity contribution in [1.29, 1.82) is 0 Å². The molecule has 60 heavy (non-hydrogen) atoms. The van der Waals surface area contributed by atoms with Gasteiger partial charge in [-0.2, -0.15) is 0 Å². The lowest BCUT2D eigenvalue weighted by Crippen LogP contribution is -2.33. The number of halogens is 2. The Balaban J connectivity index is 0.000000181. The molecule has 2 atom stereocenters.